The number of aromatic nitrogens is 4. The molecule has 8 aromatic rings. The van der Waals surface area contributed by atoms with Crippen LogP contribution in [0.5, 0.6) is 0 Å². The van der Waals surface area contributed by atoms with Crippen molar-refractivity contribution in [2.24, 2.45) is 0 Å². The number of rotatable bonds is 18. The molecule has 0 aliphatic heterocycles. The fourth-order valence-electron chi connectivity index (χ4n) is 7.80. The molecule has 1 unspecified atom stereocenters. The summed E-state index contributed by atoms with van der Waals surface area (Å²) in [5, 5.41) is 23.4. The Morgan fingerprint density at radius 1 is 0.509 bits per heavy atom. The lowest BCUT2D eigenvalue weighted by Crippen LogP contribution is -2.40. The Morgan fingerprint density at radius 2 is 1.07 bits per heavy atom. The largest absolute Gasteiger partial charge is 0.390 e. The van der Waals surface area contributed by atoms with E-state index in [0.717, 1.165) is 54.3 Å². The van der Waals surface area contributed by atoms with E-state index in [1.165, 1.54) is 37.9 Å². The van der Waals surface area contributed by atoms with Gasteiger partial charge in [-0.05, 0) is 106 Å². The zero-order valence-electron chi connectivity index (χ0n) is 31.1. The third kappa shape index (κ3) is 9.12. The molecule has 0 saturated heterocycles. The van der Waals surface area contributed by atoms with Crippen LogP contribution in [0.25, 0.3) is 32.3 Å². The molecule has 0 bridgehead atoms. The van der Waals surface area contributed by atoms with Gasteiger partial charge in [0, 0.05) is 70.6 Å². The van der Waals surface area contributed by atoms with Gasteiger partial charge in [0.15, 0.2) is 0 Å². The van der Waals surface area contributed by atoms with Crippen LogP contribution in [0.2, 0.25) is 0 Å². The molecular formula is C47H47N7O. The minimum absolute atomic E-state index is 0.451. The quantitative estimate of drug-likeness (QED) is 0.0672. The fourth-order valence-corrected chi connectivity index (χ4v) is 7.80. The Balaban J connectivity index is 0.918. The van der Waals surface area contributed by atoms with E-state index in [4.69, 9.17) is 4.98 Å². The van der Waals surface area contributed by atoms with Gasteiger partial charge in [-0.3, -0.25) is 29.7 Å². The Hall–Kier alpha value is -5.80. The number of unbranched alkanes of at least 4 members (excludes halogenated alkanes) is 1. The zero-order valence-corrected chi connectivity index (χ0v) is 31.1. The lowest BCUT2D eigenvalue weighted by Gasteiger charge is -2.29. The summed E-state index contributed by atoms with van der Waals surface area (Å²) in [6.07, 6.45) is 9.82. The molecule has 276 valence electrons. The molecule has 8 rings (SSSR count). The summed E-state index contributed by atoms with van der Waals surface area (Å²) in [6.45, 7) is 4.15. The highest BCUT2D eigenvalue weighted by Gasteiger charge is 2.20. The fraction of sp³-hybridized carbons (Fsp3) is 0.234. The first-order valence-electron chi connectivity index (χ1n) is 19.3. The number of aryl methyl sites for hydroxylation is 1. The van der Waals surface area contributed by atoms with Gasteiger partial charge in [-0.15, -0.1) is 0 Å². The third-order valence-electron chi connectivity index (χ3n) is 10.3. The Bertz CT molecular complexity index is 2350. The molecule has 0 aliphatic carbocycles. The number of hydrogen-bond donors (Lipinski definition) is 2. The van der Waals surface area contributed by atoms with E-state index in [-0.39, 0.29) is 0 Å². The van der Waals surface area contributed by atoms with Crippen molar-refractivity contribution < 1.29 is 5.11 Å². The highest BCUT2D eigenvalue weighted by molar-refractivity contribution is 6.23. The first-order chi connectivity index (χ1) is 27.2. The molecule has 1 atom stereocenters. The van der Waals surface area contributed by atoms with Crippen molar-refractivity contribution in [2.75, 3.05) is 25.0 Å². The number of hydrogen-bond acceptors (Lipinski definition) is 8. The number of aliphatic hydroxyl groups excluding tert-OH is 1. The number of nitrogens with zero attached hydrogens (tertiary/aromatic N) is 6. The van der Waals surface area contributed by atoms with Gasteiger partial charge in [0.2, 0.25) is 0 Å². The van der Waals surface area contributed by atoms with Crippen LogP contribution in [0.15, 0.2) is 146 Å². The van der Waals surface area contributed by atoms with Crippen LogP contribution in [0.4, 0.5) is 5.69 Å². The number of pyridine rings is 4. The molecule has 8 heteroatoms. The third-order valence-corrected chi connectivity index (χ3v) is 10.3. The molecule has 0 spiro atoms. The predicted octanol–water partition coefficient (Wildman–Crippen LogP) is 8.66. The second-order valence-electron chi connectivity index (χ2n) is 14.4. The summed E-state index contributed by atoms with van der Waals surface area (Å²) in [5.74, 6) is 0. The Morgan fingerprint density at radius 3 is 1.69 bits per heavy atom. The zero-order chi connectivity index (χ0) is 37.2. The molecule has 0 saturated carbocycles. The van der Waals surface area contributed by atoms with Crippen LogP contribution in [-0.2, 0) is 32.6 Å². The molecule has 55 heavy (non-hydrogen) atoms. The van der Waals surface area contributed by atoms with Crippen molar-refractivity contribution in [1.29, 1.82) is 0 Å². The van der Waals surface area contributed by atoms with Crippen molar-refractivity contribution in [1.82, 2.24) is 29.7 Å². The number of benzene rings is 4. The van der Waals surface area contributed by atoms with E-state index in [1.54, 1.807) is 0 Å². The van der Waals surface area contributed by atoms with Crippen LogP contribution in [-0.4, -0.2) is 60.6 Å². The lowest BCUT2D eigenvalue weighted by atomic mass is 9.90. The van der Waals surface area contributed by atoms with Gasteiger partial charge in [0.1, 0.15) is 0 Å². The maximum absolute atomic E-state index is 11.6. The van der Waals surface area contributed by atoms with E-state index >= 15 is 0 Å². The number of nitrogens with one attached hydrogen (secondary N) is 1. The minimum atomic E-state index is -0.629. The van der Waals surface area contributed by atoms with Crippen molar-refractivity contribution in [3.8, 4) is 0 Å². The maximum atomic E-state index is 11.6. The van der Waals surface area contributed by atoms with Crippen molar-refractivity contribution >= 4 is 38.0 Å². The summed E-state index contributed by atoms with van der Waals surface area (Å²) in [4.78, 5) is 23.0. The highest BCUT2D eigenvalue weighted by atomic mass is 16.3. The van der Waals surface area contributed by atoms with Gasteiger partial charge in [0.05, 0.1) is 34.6 Å². The molecule has 0 aliphatic rings. The standard InChI is InChI=1S/C47H47N7O/c55-42(32-53(29-39-14-2-6-24-48-39)30-40-15-3-7-25-49-40)33-54(31-41-16-4-8-26-50-41)34-45-44(17-10-28-52-45)51-27-5-1-11-35-18-19-38-21-20-36-12-9-13-37-22-23-43(35)47(38)46(36)37/h2-4,6-10,12-26,28,42,51,55H,1,5,11,27,29-34H2. The molecular weight excluding hydrogens is 679 g/mol. The van der Waals surface area contributed by atoms with Crippen molar-refractivity contribution in [2.45, 2.75) is 51.5 Å². The predicted molar refractivity (Wildman–Crippen MR) is 223 cm³/mol. The van der Waals surface area contributed by atoms with Crippen LogP contribution in [0.1, 0.15) is 41.2 Å². The van der Waals surface area contributed by atoms with E-state index in [1.807, 2.05) is 85.5 Å². The van der Waals surface area contributed by atoms with Crippen molar-refractivity contribution in [3.63, 3.8) is 0 Å². The van der Waals surface area contributed by atoms with E-state index in [0.29, 0.717) is 39.3 Å². The topological polar surface area (TPSA) is 90.3 Å². The maximum Gasteiger partial charge on any atom is 0.0794 e. The van der Waals surface area contributed by atoms with E-state index in [2.05, 4.69) is 90.7 Å². The second kappa shape index (κ2) is 17.6. The van der Waals surface area contributed by atoms with Gasteiger partial charge >= 0.3 is 0 Å². The smallest absolute Gasteiger partial charge is 0.0794 e. The number of aliphatic hydroxyl groups is 1. The van der Waals surface area contributed by atoms with E-state index in [9.17, 15) is 5.11 Å². The summed E-state index contributed by atoms with van der Waals surface area (Å²) in [6, 6.07) is 42.2. The van der Waals surface area contributed by atoms with Gasteiger partial charge in [-0.1, -0.05) is 72.8 Å². The SMILES string of the molecule is OC(CN(Cc1ccccn1)Cc1ccccn1)CN(Cc1ccccn1)Cc1ncccc1NCCCCc1ccc2ccc3cccc4ccc1c2c34. The van der Waals surface area contributed by atoms with Crippen molar-refractivity contribution in [3.05, 3.63) is 174 Å². The molecule has 2 N–H and O–H groups in total. The van der Waals surface area contributed by atoms with Crippen LogP contribution in [0, 0.1) is 0 Å². The summed E-state index contributed by atoms with van der Waals surface area (Å²) >= 11 is 0. The monoisotopic (exact) mass is 725 g/mol. The normalized spacial score (nSPS) is 12.3. The van der Waals surface area contributed by atoms with Gasteiger partial charge in [-0.2, -0.15) is 0 Å². The Labute approximate surface area is 322 Å². The van der Waals surface area contributed by atoms with E-state index < -0.39 is 6.10 Å². The van der Waals surface area contributed by atoms with Gasteiger partial charge in [0.25, 0.3) is 0 Å². The first-order valence-corrected chi connectivity index (χ1v) is 19.3. The van der Waals surface area contributed by atoms with Crippen LogP contribution in [0.3, 0.4) is 0 Å². The van der Waals surface area contributed by atoms with Gasteiger partial charge in [-0.25, -0.2) is 0 Å². The molecule has 0 fully saturated rings. The highest BCUT2D eigenvalue weighted by Crippen LogP contribution is 2.36. The molecule has 0 amide bonds. The summed E-state index contributed by atoms with van der Waals surface area (Å²) in [7, 11) is 0. The summed E-state index contributed by atoms with van der Waals surface area (Å²) < 4.78 is 0. The molecule has 8 nitrogen and oxygen atoms in total. The molecule has 4 aromatic carbocycles. The molecule has 4 heterocycles. The first kappa shape index (κ1) is 36.2. The number of anilines is 1. The average molecular weight is 726 g/mol. The molecule has 4 aromatic heterocycles. The Kier molecular flexibility index (Phi) is 11.6. The lowest BCUT2D eigenvalue weighted by molar-refractivity contribution is 0.0615. The summed E-state index contributed by atoms with van der Waals surface area (Å²) in [5.41, 5.74) is 6.25. The average Bonchev–Trinajstić information content (AvgIpc) is 3.22. The van der Waals surface area contributed by atoms with Crippen LogP contribution >= 0.6 is 0 Å². The second-order valence-corrected chi connectivity index (χ2v) is 14.4. The van der Waals surface area contributed by atoms with Gasteiger partial charge < -0.3 is 10.4 Å². The minimum Gasteiger partial charge on any atom is -0.390 e. The molecule has 0 radical (unpaired) electrons. The van der Waals surface area contributed by atoms with Crippen LogP contribution < -0.4 is 5.32 Å².